The van der Waals surface area contributed by atoms with E-state index in [0.29, 0.717) is 30.3 Å². The second kappa shape index (κ2) is 8.70. The van der Waals surface area contributed by atoms with Gasteiger partial charge >= 0.3 is 0 Å². The van der Waals surface area contributed by atoms with Crippen molar-refractivity contribution in [1.82, 2.24) is 9.88 Å². The van der Waals surface area contributed by atoms with Gasteiger partial charge in [0, 0.05) is 23.6 Å². The highest BCUT2D eigenvalue weighted by atomic mass is 35.5. The maximum absolute atomic E-state index is 13.0. The molecule has 5 nitrogen and oxygen atoms in total. The lowest BCUT2D eigenvalue weighted by atomic mass is 10.1. The zero-order valence-electron chi connectivity index (χ0n) is 16.3. The Morgan fingerprint density at radius 3 is 2.97 bits per heavy atom. The van der Waals surface area contributed by atoms with Crippen LogP contribution in [0.4, 0.5) is 0 Å². The van der Waals surface area contributed by atoms with Gasteiger partial charge in [-0.15, -0.1) is 0 Å². The van der Waals surface area contributed by atoms with Gasteiger partial charge in [0.2, 0.25) is 11.8 Å². The van der Waals surface area contributed by atoms with Crippen molar-refractivity contribution in [3.63, 3.8) is 0 Å². The molecule has 0 saturated carbocycles. The van der Waals surface area contributed by atoms with Gasteiger partial charge in [-0.25, -0.2) is 4.98 Å². The van der Waals surface area contributed by atoms with E-state index < -0.39 is 0 Å². The fourth-order valence-electron chi connectivity index (χ4n) is 3.84. The molecule has 0 spiro atoms. The van der Waals surface area contributed by atoms with Crippen molar-refractivity contribution in [3.8, 4) is 5.75 Å². The van der Waals surface area contributed by atoms with E-state index in [1.165, 1.54) is 0 Å². The van der Waals surface area contributed by atoms with Gasteiger partial charge in [-0.1, -0.05) is 41.9 Å². The average molecular weight is 411 g/mol. The average Bonchev–Trinajstić information content (AvgIpc) is 3.37. The second-order valence-corrected chi connectivity index (χ2v) is 7.64. The zero-order valence-corrected chi connectivity index (χ0v) is 17.1. The first-order valence-electron chi connectivity index (χ1n) is 9.74. The van der Waals surface area contributed by atoms with Crippen molar-refractivity contribution in [1.29, 1.82) is 0 Å². The lowest BCUT2D eigenvalue weighted by Gasteiger charge is -2.22. The molecule has 1 saturated heterocycles. The summed E-state index contributed by atoms with van der Waals surface area (Å²) in [4.78, 5) is 19.3. The summed E-state index contributed by atoms with van der Waals surface area (Å²) in [5.41, 5.74) is 1.95. The van der Waals surface area contributed by atoms with Crippen LogP contribution in [0.5, 0.6) is 5.75 Å². The third kappa shape index (κ3) is 4.46. The number of methoxy groups -OCH3 is 1. The summed E-state index contributed by atoms with van der Waals surface area (Å²) < 4.78 is 11.4. The summed E-state index contributed by atoms with van der Waals surface area (Å²) in [7, 11) is 1.62. The van der Waals surface area contributed by atoms with Crippen molar-refractivity contribution in [3.05, 3.63) is 82.5 Å². The molecule has 0 bridgehead atoms. The van der Waals surface area contributed by atoms with Crippen LogP contribution in [0.3, 0.4) is 0 Å². The van der Waals surface area contributed by atoms with E-state index >= 15 is 0 Å². The Bertz CT molecular complexity index is 1000. The summed E-state index contributed by atoms with van der Waals surface area (Å²) >= 11 is 6.06. The van der Waals surface area contributed by atoms with Gasteiger partial charge in [-0.3, -0.25) is 4.79 Å². The van der Waals surface area contributed by atoms with Crippen LogP contribution >= 0.6 is 11.6 Å². The number of para-hydroxylation sites is 1. The van der Waals surface area contributed by atoms with Gasteiger partial charge in [0.1, 0.15) is 17.6 Å². The van der Waals surface area contributed by atoms with Crippen LogP contribution in [-0.2, 0) is 17.6 Å². The first-order valence-corrected chi connectivity index (χ1v) is 10.1. The van der Waals surface area contributed by atoms with E-state index in [4.69, 9.17) is 20.8 Å². The number of likely N-dealkylation sites (tertiary alicyclic amines) is 1. The van der Waals surface area contributed by atoms with Crippen LogP contribution in [0, 0.1) is 0 Å². The number of hydrogen-bond donors (Lipinski definition) is 0. The number of carbonyl (C=O) groups is 1. The molecule has 1 aliphatic heterocycles. The summed E-state index contributed by atoms with van der Waals surface area (Å²) in [5.74, 6) is 2.17. The Kier molecular flexibility index (Phi) is 5.86. The standard InChI is InChI=1S/C23H23ClN2O3/c1-28-21-10-3-2-7-17(21)14-22(27)26-11-5-9-20(26)23-25-15-19(29-23)13-16-6-4-8-18(24)12-16/h2-4,6-8,10,12,15,20H,5,9,11,13-14H2,1H3/t20-/m1/s1. The molecule has 6 heteroatoms. The number of benzene rings is 2. The van der Waals surface area contributed by atoms with Gasteiger partial charge in [0.05, 0.1) is 19.7 Å². The smallest absolute Gasteiger partial charge is 0.227 e. The van der Waals surface area contributed by atoms with Crippen LogP contribution in [0.25, 0.3) is 0 Å². The van der Waals surface area contributed by atoms with Gasteiger partial charge in [0.15, 0.2) is 0 Å². The normalized spacial score (nSPS) is 16.2. The van der Waals surface area contributed by atoms with E-state index in [2.05, 4.69) is 4.98 Å². The van der Waals surface area contributed by atoms with Gasteiger partial charge in [-0.05, 0) is 36.6 Å². The van der Waals surface area contributed by atoms with Crippen molar-refractivity contribution in [2.75, 3.05) is 13.7 Å². The Labute approximate surface area is 175 Å². The van der Waals surface area contributed by atoms with Crippen LogP contribution in [0.1, 0.15) is 41.7 Å². The third-order valence-corrected chi connectivity index (χ3v) is 5.47. The molecule has 29 heavy (non-hydrogen) atoms. The lowest BCUT2D eigenvalue weighted by Crippen LogP contribution is -2.32. The predicted octanol–water partition coefficient (Wildman–Crippen LogP) is 4.83. The van der Waals surface area contributed by atoms with Gasteiger partial charge in [-0.2, -0.15) is 0 Å². The molecule has 150 valence electrons. The number of carbonyl (C=O) groups excluding carboxylic acids is 1. The topological polar surface area (TPSA) is 55.6 Å². The first-order chi connectivity index (χ1) is 14.1. The molecule has 1 atom stereocenters. The minimum absolute atomic E-state index is 0.0617. The Balaban J connectivity index is 1.47. The Morgan fingerprint density at radius 1 is 1.28 bits per heavy atom. The third-order valence-electron chi connectivity index (χ3n) is 5.23. The van der Waals surface area contributed by atoms with E-state index in [0.717, 1.165) is 35.5 Å². The molecule has 1 amide bonds. The number of rotatable bonds is 6. The number of ether oxygens (including phenoxy) is 1. The highest BCUT2D eigenvalue weighted by Gasteiger charge is 2.33. The van der Waals surface area contributed by atoms with E-state index in [1.54, 1.807) is 13.3 Å². The molecule has 3 aromatic rings. The Hall–Kier alpha value is -2.79. The summed E-state index contributed by atoms with van der Waals surface area (Å²) in [6.45, 7) is 0.713. The molecular weight excluding hydrogens is 388 g/mol. The number of halogens is 1. The second-order valence-electron chi connectivity index (χ2n) is 7.21. The summed E-state index contributed by atoms with van der Waals surface area (Å²) in [5, 5.41) is 0.700. The molecule has 1 aliphatic rings. The number of amides is 1. The molecule has 0 N–H and O–H groups in total. The molecule has 0 unspecified atom stereocenters. The quantitative estimate of drug-likeness (QED) is 0.583. The molecule has 4 rings (SSSR count). The summed E-state index contributed by atoms with van der Waals surface area (Å²) in [6.07, 6.45) is 4.46. The largest absolute Gasteiger partial charge is 0.496 e. The summed E-state index contributed by atoms with van der Waals surface area (Å²) in [6, 6.07) is 15.2. The number of hydrogen-bond acceptors (Lipinski definition) is 4. The molecular formula is C23H23ClN2O3. The molecule has 2 aromatic carbocycles. The zero-order chi connectivity index (χ0) is 20.2. The number of aromatic nitrogens is 1. The fourth-order valence-corrected chi connectivity index (χ4v) is 4.05. The van der Waals surface area contributed by atoms with E-state index in [1.807, 2.05) is 53.4 Å². The van der Waals surface area contributed by atoms with Crippen molar-refractivity contribution in [2.24, 2.45) is 0 Å². The molecule has 2 heterocycles. The lowest BCUT2D eigenvalue weighted by molar-refractivity contribution is -0.131. The van der Waals surface area contributed by atoms with E-state index in [-0.39, 0.29) is 11.9 Å². The SMILES string of the molecule is COc1ccccc1CC(=O)N1CCC[C@@H]1c1ncc(Cc2cccc(Cl)c2)o1. The molecule has 0 radical (unpaired) electrons. The van der Waals surface area contributed by atoms with E-state index in [9.17, 15) is 4.79 Å². The van der Waals surface area contributed by atoms with Crippen molar-refractivity contribution >= 4 is 17.5 Å². The molecule has 1 aromatic heterocycles. The molecule has 0 aliphatic carbocycles. The minimum Gasteiger partial charge on any atom is -0.496 e. The maximum Gasteiger partial charge on any atom is 0.227 e. The van der Waals surface area contributed by atoms with Gasteiger partial charge in [0.25, 0.3) is 0 Å². The van der Waals surface area contributed by atoms with Crippen LogP contribution in [0.15, 0.2) is 59.1 Å². The fraction of sp³-hybridized carbons (Fsp3) is 0.304. The monoisotopic (exact) mass is 410 g/mol. The highest BCUT2D eigenvalue weighted by Crippen LogP contribution is 2.33. The highest BCUT2D eigenvalue weighted by molar-refractivity contribution is 6.30. The van der Waals surface area contributed by atoms with Crippen molar-refractivity contribution in [2.45, 2.75) is 31.7 Å². The van der Waals surface area contributed by atoms with Crippen LogP contribution < -0.4 is 4.74 Å². The Morgan fingerprint density at radius 2 is 2.14 bits per heavy atom. The molecule has 1 fully saturated rings. The van der Waals surface area contributed by atoms with Crippen LogP contribution in [0.2, 0.25) is 5.02 Å². The number of nitrogens with zero attached hydrogens (tertiary/aromatic N) is 2. The predicted molar refractivity (Wildman–Crippen MR) is 111 cm³/mol. The maximum atomic E-state index is 13.0. The van der Waals surface area contributed by atoms with Crippen LogP contribution in [-0.4, -0.2) is 29.4 Å². The minimum atomic E-state index is -0.120. The van der Waals surface area contributed by atoms with Crippen molar-refractivity contribution < 1.29 is 13.9 Å². The number of oxazole rings is 1. The first kappa shape index (κ1) is 19.5. The van der Waals surface area contributed by atoms with Gasteiger partial charge < -0.3 is 14.1 Å².